The number of morpholine rings is 1. The van der Waals surface area contributed by atoms with Crippen molar-refractivity contribution in [3.05, 3.63) is 29.8 Å². The molecule has 1 aromatic carbocycles. The Labute approximate surface area is 149 Å². The van der Waals surface area contributed by atoms with E-state index in [1.807, 2.05) is 43.1 Å². The van der Waals surface area contributed by atoms with Gasteiger partial charge in [0, 0.05) is 31.2 Å². The molecule has 2 N–H and O–H groups in total. The first kappa shape index (κ1) is 20.4. The molecule has 0 aliphatic carbocycles. The van der Waals surface area contributed by atoms with Crippen LogP contribution in [0.2, 0.25) is 0 Å². The van der Waals surface area contributed by atoms with E-state index in [-0.39, 0.29) is 30.1 Å². The number of hydrogen-bond donors (Lipinski definition) is 2. The lowest BCUT2D eigenvalue weighted by Gasteiger charge is -2.26. The third kappa shape index (κ3) is 6.11. The largest absolute Gasteiger partial charge is 0.378 e. The minimum atomic E-state index is -0.0948. The topological polar surface area (TPSA) is 70.7 Å². The van der Waals surface area contributed by atoms with Crippen LogP contribution in [0.15, 0.2) is 24.3 Å². The number of halogens is 1. The molecule has 1 fully saturated rings. The minimum Gasteiger partial charge on any atom is -0.378 e. The van der Waals surface area contributed by atoms with Gasteiger partial charge in [-0.2, -0.15) is 0 Å². The van der Waals surface area contributed by atoms with Crippen LogP contribution in [0.4, 0.5) is 5.69 Å². The van der Waals surface area contributed by atoms with E-state index in [1.54, 1.807) is 0 Å². The summed E-state index contributed by atoms with van der Waals surface area (Å²) in [7, 11) is 1.82. The number of anilines is 1. The van der Waals surface area contributed by atoms with Gasteiger partial charge in [-0.15, -0.1) is 12.4 Å². The van der Waals surface area contributed by atoms with Crippen molar-refractivity contribution in [1.29, 1.82) is 0 Å². The van der Waals surface area contributed by atoms with Crippen molar-refractivity contribution in [2.45, 2.75) is 13.3 Å². The molecule has 7 heteroatoms. The van der Waals surface area contributed by atoms with Crippen molar-refractivity contribution in [2.24, 2.45) is 5.92 Å². The van der Waals surface area contributed by atoms with Gasteiger partial charge in [0.15, 0.2) is 0 Å². The number of carbonyl (C=O) groups is 2. The molecule has 1 aliphatic heterocycles. The second-order valence-corrected chi connectivity index (χ2v) is 5.81. The highest BCUT2D eigenvalue weighted by molar-refractivity contribution is 5.92. The van der Waals surface area contributed by atoms with Crippen molar-refractivity contribution >= 4 is 29.9 Å². The number of benzene rings is 1. The second kappa shape index (κ2) is 10.3. The smallest absolute Gasteiger partial charge is 0.228 e. The minimum absolute atomic E-state index is 0. The number of amides is 2. The number of ether oxygens (including phenoxy) is 1. The van der Waals surface area contributed by atoms with Crippen LogP contribution in [0.5, 0.6) is 0 Å². The number of carbonyl (C=O) groups excluding carboxylic acids is 2. The summed E-state index contributed by atoms with van der Waals surface area (Å²) >= 11 is 0. The molecule has 134 valence electrons. The van der Waals surface area contributed by atoms with Crippen molar-refractivity contribution in [3.63, 3.8) is 0 Å². The van der Waals surface area contributed by atoms with Crippen LogP contribution in [-0.4, -0.2) is 56.6 Å². The molecule has 0 aromatic heterocycles. The summed E-state index contributed by atoms with van der Waals surface area (Å²) in [5, 5.41) is 5.86. The average molecular weight is 356 g/mol. The Balaban J connectivity index is 0.00000288. The van der Waals surface area contributed by atoms with Crippen molar-refractivity contribution in [1.82, 2.24) is 10.2 Å². The van der Waals surface area contributed by atoms with E-state index in [4.69, 9.17) is 4.74 Å². The van der Waals surface area contributed by atoms with E-state index in [9.17, 15) is 9.59 Å². The molecule has 1 aromatic rings. The van der Waals surface area contributed by atoms with Gasteiger partial charge < -0.3 is 20.3 Å². The highest BCUT2D eigenvalue weighted by Gasteiger charge is 2.17. The fraction of sp³-hybridized carbons (Fsp3) is 0.529. The zero-order valence-corrected chi connectivity index (χ0v) is 15.0. The molecule has 0 bridgehead atoms. The van der Waals surface area contributed by atoms with Gasteiger partial charge in [0.05, 0.1) is 19.6 Å². The van der Waals surface area contributed by atoms with Gasteiger partial charge in [0.25, 0.3) is 0 Å². The van der Waals surface area contributed by atoms with E-state index >= 15 is 0 Å². The van der Waals surface area contributed by atoms with E-state index in [0.29, 0.717) is 39.3 Å². The summed E-state index contributed by atoms with van der Waals surface area (Å²) in [6.45, 7) is 5.06. The lowest BCUT2D eigenvalue weighted by Crippen LogP contribution is -2.41. The van der Waals surface area contributed by atoms with E-state index in [1.165, 1.54) is 0 Å². The number of nitrogens with one attached hydrogen (secondary N) is 2. The monoisotopic (exact) mass is 355 g/mol. The van der Waals surface area contributed by atoms with Gasteiger partial charge in [0.2, 0.25) is 11.8 Å². The summed E-state index contributed by atoms with van der Waals surface area (Å²) < 4.78 is 5.25. The maximum absolute atomic E-state index is 12.2. The van der Waals surface area contributed by atoms with Crippen LogP contribution >= 0.6 is 12.4 Å². The van der Waals surface area contributed by atoms with E-state index in [2.05, 4.69) is 10.6 Å². The summed E-state index contributed by atoms with van der Waals surface area (Å²) in [5.41, 5.74) is 1.70. The lowest BCUT2D eigenvalue weighted by molar-refractivity contribution is -0.134. The lowest BCUT2D eigenvalue weighted by atomic mass is 10.1. The van der Waals surface area contributed by atoms with Crippen LogP contribution in [0.3, 0.4) is 0 Å². The highest BCUT2D eigenvalue weighted by atomic mass is 35.5. The first-order chi connectivity index (χ1) is 11.1. The molecule has 1 aliphatic rings. The Morgan fingerprint density at radius 2 is 1.83 bits per heavy atom. The van der Waals surface area contributed by atoms with Gasteiger partial charge in [-0.3, -0.25) is 9.59 Å². The molecule has 1 saturated heterocycles. The Morgan fingerprint density at radius 1 is 1.21 bits per heavy atom. The molecular formula is C17H26ClN3O3. The first-order valence-electron chi connectivity index (χ1n) is 8.00. The molecule has 24 heavy (non-hydrogen) atoms. The van der Waals surface area contributed by atoms with Crippen LogP contribution < -0.4 is 10.6 Å². The Morgan fingerprint density at radius 3 is 2.42 bits per heavy atom. The molecule has 2 rings (SSSR count). The second-order valence-electron chi connectivity index (χ2n) is 5.81. The molecule has 6 nitrogen and oxygen atoms in total. The fourth-order valence-electron chi connectivity index (χ4n) is 2.47. The summed E-state index contributed by atoms with van der Waals surface area (Å²) in [5.74, 6) is 0.00629. The standard InChI is InChI=1S/C17H25N3O3.ClH/c1-13(12-18-2)17(22)19-15-5-3-14(4-6-15)11-16(21)20-7-9-23-10-8-20;/h3-6,13,18H,7-12H2,1-2H3,(H,19,22);1H. The molecule has 2 amide bonds. The van der Waals surface area contributed by atoms with Crippen LogP contribution in [0, 0.1) is 5.92 Å². The van der Waals surface area contributed by atoms with Crippen molar-refractivity contribution < 1.29 is 14.3 Å². The average Bonchev–Trinajstić information content (AvgIpc) is 2.57. The van der Waals surface area contributed by atoms with Crippen molar-refractivity contribution in [2.75, 3.05) is 45.2 Å². The fourth-order valence-corrected chi connectivity index (χ4v) is 2.47. The summed E-state index contributed by atoms with van der Waals surface area (Å²) in [6.07, 6.45) is 0.379. The molecule has 1 atom stereocenters. The summed E-state index contributed by atoms with van der Waals surface area (Å²) in [4.78, 5) is 26.0. The Kier molecular flexibility index (Phi) is 8.74. The van der Waals surface area contributed by atoms with Gasteiger partial charge in [-0.05, 0) is 24.7 Å². The number of hydrogen-bond acceptors (Lipinski definition) is 4. The van der Waals surface area contributed by atoms with Gasteiger partial charge in [0.1, 0.15) is 0 Å². The Bertz CT molecular complexity index is 530. The number of rotatable bonds is 6. The van der Waals surface area contributed by atoms with Crippen LogP contribution in [-0.2, 0) is 20.7 Å². The third-order valence-electron chi connectivity index (χ3n) is 3.90. The normalized spacial score (nSPS) is 15.3. The molecular weight excluding hydrogens is 330 g/mol. The predicted molar refractivity (Wildman–Crippen MR) is 96.5 cm³/mol. The Hall–Kier alpha value is -1.63. The van der Waals surface area contributed by atoms with Crippen molar-refractivity contribution in [3.8, 4) is 0 Å². The SMILES string of the molecule is CNCC(C)C(=O)Nc1ccc(CC(=O)N2CCOCC2)cc1.Cl. The zero-order chi connectivity index (χ0) is 16.7. The summed E-state index contributed by atoms with van der Waals surface area (Å²) in [6, 6.07) is 7.45. The molecule has 0 radical (unpaired) electrons. The molecule has 0 spiro atoms. The zero-order valence-electron chi connectivity index (χ0n) is 14.2. The van der Waals surface area contributed by atoms with E-state index < -0.39 is 0 Å². The van der Waals surface area contributed by atoms with Crippen LogP contribution in [0.1, 0.15) is 12.5 Å². The quantitative estimate of drug-likeness (QED) is 0.807. The maximum Gasteiger partial charge on any atom is 0.228 e. The first-order valence-corrected chi connectivity index (χ1v) is 8.00. The van der Waals surface area contributed by atoms with Crippen LogP contribution in [0.25, 0.3) is 0 Å². The van der Waals surface area contributed by atoms with Gasteiger partial charge in [-0.25, -0.2) is 0 Å². The molecule has 1 heterocycles. The molecule has 1 unspecified atom stereocenters. The maximum atomic E-state index is 12.2. The molecule has 0 saturated carbocycles. The van der Waals surface area contributed by atoms with Gasteiger partial charge >= 0.3 is 0 Å². The number of nitrogens with zero attached hydrogens (tertiary/aromatic N) is 1. The highest BCUT2D eigenvalue weighted by Crippen LogP contribution is 2.12. The van der Waals surface area contributed by atoms with E-state index in [0.717, 1.165) is 11.3 Å². The predicted octanol–water partition coefficient (Wildman–Crippen LogP) is 1.30. The third-order valence-corrected chi connectivity index (χ3v) is 3.90. The van der Waals surface area contributed by atoms with Gasteiger partial charge in [-0.1, -0.05) is 19.1 Å².